The molecule has 0 aromatic rings. The molecule has 1 aliphatic rings. The smallest absolute Gasteiger partial charge is 0.0620 e. The van der Waals surface area contributed by atoms with Crippen molar-refractivity contribution in [2.24, 2.45) is 11.7 Å². The second-order valence-corrected chi connectivity index (χ2v) is 3.58. The molecule has 0 saturated heterocycles. The van der Waals surface area contributed by atoms with E-state index in [0.717, 1.165) is 12.8 Å². The molecule has 0 radical (unpaired) electrons. The molecule has 10 heavy (non-hydrogen) atoms. The molecule has 3 heteroatoms. The van der Waals surface area contributed by atoms with E-state index in [0.29, 0.717) is 12.0 Å². The topological polar surface area (TPSA) is 46.2 Å². The van der Waals surface area contributed by atoms with E-state index in [1.165, 1.54) is 0 Å². The van der Waals surface area contributed by atoms with Gasteiger partial charge in [0.1, 0.15) is 0 Å². The van der Waals surface area contributed by atoms with Crippen LogP contribution in [0.25, 0.3) is 0 Å². The molecule has 62 valence electrons. The molecule has 0 aromatic carbocycles. The maximum absolute atomic E-state index is 9.40. The third-order valence-corrected chi connectivity index (χ3v) is 2.17. The van der Waals surface area contributed by atoms with Gasteiger partial charge in [-0.15, -0.1) is 12.4 Å². The van der Waals surface area contributed by atoms with E-state index in [1.807, 2.05) is 13.8 Å². The minimum absolute atomic E-state index is 0. The Morgan fingerprint density at radius 3 is 1.90 bits per heavy atom. The van der Waals surface area contributed by atoms with Gasteiger partial charge in [-0.1, -0.05) is 0 Å². The summed E-state index contributed by atoms with van der Waals surface area (Å²) < 4.78 is 0. The molecule has 0 aromatic heterocycles. The van der Waals surface area contributed by atoms with Crippen molar-refractivity contribution in [3.05, 3.63) is 0 Å². The SMILES string of the molecule is CC(C)(O)[C@H]1C[C@H](N)C1.Cl. The minimum Gasteiger partial charge on any atom is -0.390 e. The van der Waals surface area contributed by atoms with E-state index < -0.39 is 5.60 Å². The first-order chi connectivity index (χ1) is 4.00. The molecule has 0 bridgehead atoms. The summed E-state index contributed by atoms with van der Waals surface area (Å²) in [5.41, 5.74) is 5.05. The van der Waals surface area contributed by atoms with Crippen LogP contribution in [0.5, 0.6) is 0 Å². The number of halogens is 1. The highest BCUT2D eigenvalue weighted by Gasteiger charge is 2.36. The predicted octanol–water partition coefficient (Wildman–Crippen LogP) is 0.916. The number of hydrogen-bond acceptors (Lipinski definition) is 2. The quantitative estimate of drug-likeness (QED) is 0.607. The molecule has 3 N–H and O–H groups in total. The van der Waals surface area contributed by atoms with Crippen LogP contribution in [0.1, 0.15) is 26.7 Å². The first-order valence-corrected chi connectivity index (χ1v) is 3.48. The zero-order valence-electron chi connectivity index (χ0n) is 6.50. The fraction of sp³-hybridized carbons (Fsp3) is 1.00. The van der Waals surface area contributed by atoms with Gasteiger partial charge in [-0.2, -0.15) is 0 Å². The van der Waals surface area contributed by atoms with Crippen molar-refractivity contribution < 1.29 is 5.11 Å². The summed E-state index contributed by atoms with van der Waals surface area (Å²) in [7, 11) is 0. The molecule has 0 amide bonds. The highest BCUT2D eigenvalue weighted by atomic mass is 35.5. The lowest BCUT2D eigenvalue weighted by atomic mass is 9.72. The molecular weight excluding hydrogens is 150 g/mol. The van der Waals surface area contributed by atoms with Crippen LogP contribution in [-0.2, 0) is 0 Å². The molecule has 1 fully saturated rings. The van der Waals surface area contributed by atoms with E-state index in [1.54, 1.807) is 0 Å². The van der Waals surface area contributed by atoms with Gasteiger partial charge in [0.15, 0.2) is 0 Å². The van der Waals surface area contributed by atoms with Crippen LogP contribution in [0.4, 0.5) is 0 Å². The zero-order valence-corrected chi connectivity index (χ0v) is 7.32. The first kappa shape index (κ1) is 10.2. The molecule has 0 unspecified atom stereocenters. The molecule has 0 aliphatic heterocycles. The van der Waals surface area contributed by atoms with Gasteiger partial charge in [0.2, 0.25) is 0 Å². The van der Waals surface area contributed by atoms with Crippen LogP contribution in [0, 0.1) is 5.92 Å². The number of rotatable bonds is 1. The molecular formula is C7H16ClNO. The number of hydrogen-bond donors (Lipinski definition) is 2. The van der Waals surface area contributed by atoms with Gasteiger partial charge in [-0.05, 0) is 32.6 Å². The van der Waals surface area contributed by atoms with Crippen LogP contribution < -0.4 is 5.73 Å². The normalized spacial score (nSPS) is 32.4. The summed E-state index contributed by atoms with van der Waals surface area (Å²) in [4.78, 5) is 0. The van der Waals surface area contributed by atoms with Gasteiger partial charge in [0.05, 0.1) is 5.60 Å². The Morgan fingerprint density at radius 1 is 1.40 bits per heavy atom. The lowest BCUT2D eigenvalue weighted by molar-refractivity contribution is -0.0259. The number of nitrogens with two attached hydrogens (primary N) is 1. The fourth-order valence-electron chi connectivity index (χ4n) is 1.24. The van der Waals surface area contributed by atoms with E-state index in [2.05, 4.69) is 0 Å². The van der Waals surface area contributed by atoms with Crippen molar-refractivity contribution in [2.75, 3.05) is 0 Å². The maximum atomic E-state index is 9.40. The first-order valence-electron chi connectivity index (χ1n) is 3.48. The average Bonchev–Trinajstić information content (AvgIpc) is 1.55. The summed E-state index contributed by atoms with van der Waals surface area (Å²) in [6.07, 6.45) is 1.98. The van der Waals surface area contributed by atoms with Crippen LogP contribution >= 0.6 is 12.4 Å². The van der Waals surface area contributed by atoms with Crippen molar-refractivity contribution in [2.45, 2.75) is 38.3 Å². The Kier molecular flexibility index (Phi) is 3.14. The maximum Gasteiger partial charge on any atom is 0.0620 e. The Morgan fingerprint density at radius 2 is 1.80 bits per heavy atom. The lowest BCUT2D eigenvalue weighted by Gasteiger charge is -2.40. The van der Waals surface area contributed by atoms with Gasteiger partial charge >= 0.3 is 0 Å². The standard InChI is InChI=1S/C7H15NO.ClH/c1-7(2,9)5-3-6(8)4-5;/h5-6,9H,3-4,8H2,1-2H3;1H/t5-,6-;. The summed E-state index contributed by atoms with van der Waals surface area (Å²) in [6, 6.07) is 0.349. The molecule has 1 saturated carbocycles. The van der Waals surface area contributed by atoms with E-state index >= 15 is 0 Å². The van der Waals surface area contributed by atoms with Crippen molar-refractivity contribution in [3.8, 4) is 0 Å². The predicted molar refractivity (Wildman–Crippen MR) is 44.2 cm³/mol. The summed E-state index contributed by atoms with van der Waals surface area (Å²) >= 11 is 0. The van der Waals surface area contributed by atoms with Crippen molar-refractivity contribution in [3.63, 3.8) is 0 Å². The number of aliphatic hydroxyl groups is 1. The second kappa shape index (κ2) is 3.07. The molecule has 0 atom stereocenters. The Balaban J connectivity index is 0.000000810. The Labute approximate surface area is 68.2 Å². The fourth-order valence-corrected chi connectivity index (χ4v) is 1.24. The second-order valence-electron chi connectivity index (χ2n) is 3.58. The minimum atomic E-state index is -0.504. The highest BCUT2D eigenvalue weighted by molar-refractivity contribution is 5.85. The molecule has 2 nitrogen and oxygen atoms in total. The van der Waals surface area contributed by atoms with Crippen molar-refractivity contribution >= 4 is 12.4 Å². The largest absolute Gasteiger partial charge is 0.390 e. The van der Waals surface area contributed by atoms with E-state index in [-0.39, 0.29) is 12.4 Å². The summed E-state index contributed by atoms with van der Waals surface area (Å²) in [5.74, 6) is 0.437. The van der Waals surface area contributed by atoms with Crippen LogP contribution in [0.15, 0.2) is 0 Å². The summed E-state index contributed by atoms with van der Waals surface area (Å²) in [6.45, 7) is 3.70. The Bertz CT molecular complexity index is 105. The van der Waals surface area contributed by atoms with Gasteiger partial charge in [-0.3, -0.25) is 0 Å². The lowest BCUT2D eigenvalue weighted by Crippen LogP contribution is -2.46. The van der Waals surface area contributed by atoms with Crippen molar-refractivity contribution in [1.29, 1.82) is 0 Å². The zero-order chi connectivity index (χ0) is 7.07. The van der Waals surface area contributed by atoms with Crippen LogP contribution in [0.3, 0.4) is 0 Å². The van der Waals surface area contributed by atoms with E-state index in [4.69, 9.17) is 5.73 Å². The Hall–Kier alpha value is 0.210. The average molecular weight is 166 g/mol. The van der Waals surface area contributed by atoms with E-state index in [9.17, 15) is 5.11 Å². The van der Waals surface area contributed by atoms with Crippen molar-refractivity contribution in [1.82, 2.24) is 0 Å². The van der Waals surface area contributed by atoms with Gasteiger partial charge in [0, 0.05) is 6.04 Å². The molecule has 0 spiro atoms. The third-order valence-electron chi connectivity index (χ3n) is 2.17. The van der Waals surface area contributed by atoms with Crippen LogP contribution in [0.2, 0.25) is 0 Å². The van der Waals surface area contributed by atoms with Crippen LogP contribution in [-0.4, -0.2) is 16.7 Å². The summed E-state index contributed by atoms with van der Waals surface area (Å²) in [5, 5.41) is 9.40. The molecule has 1 rings (SSSR count). The molecule has 1 aliphatic carbocycles. The molecule has 0 heterocycles. The monoisotopic (exact) mass is 165 g/mol. The van der Waals surface area contributed by atoms with Gasteiger partial charge in [0.25, 0.3) is 0 Å². The third kappa shape index (κ3) is 2.11. The highest BCUT2D eigenvalue weighted by Crippen LogP contribution is 2.34. The van der Waals surface area contributed by atoms with Gasteiger partial charge in [-0.25, -0.2) is 0 Å². The van der Waals surface area contributed by atoms with Gasteiger partial charge < -0.3 is 10.8 Å².